The lowest BCUT2D eigenvalue weighted by Gasteiger charge is -2.29. The Kier molecular flexibility index (Phi) is 9.19. The lowest BCUT2D eigenvalue weighted by atomic mass is 9.87. The first kappa shape index (κ1) is 25.8. The highest BCUT2D eigenvalue weighted by atomic mass is 16.5. The van der Waals surface area contributed by atoms with E-state index in [2.05, 4.69) is 55.3 Å². The van der Waals surface area contributed by atoms with Gasteiger partial charge in [0.25, 0.3) is 0 Å². The largest absolute Gasteiger partial charge is 0.497 e. The van der Waals surface area contributed by atoms with Gasteiger partial charge < -0.3 is 24.4 Å². The van der Waals surface area contributed by atoms with Gasteiger partial charge in [0, 0.05) is 38.8 Å². The van der Waals surface area contributed by atoms with E-state index in [1.807, 2.05) is 11.0 Å². The van der Waals surface area contributed by atoms with Crippen molar-refractivity contribution in [1.82, 2.24) is 9.80 Å². The van der Waals surface area contributed by atoms with Gasteiger partial charge in [-0.1, -0.05) is 45.0 Å². The molecule has 3 rings (SSSR count). The summed E-state index contributed by atoms with van der Waals surface area (Å²) in [6, 6.07) is 13.8. The van der Waals surface area contributed by atoms with Crippen molar-refractivity contribution >= 4 is 11.7 Å². The van der Waals surface area contributed by atoms with E-state index in [1.165, 1.54) is 5.56 Å². The maximum atomic E-state index is 13.3. The maximum Gasteiger partial charge on any atom is 0.322 e. The van der Waals surface area contributed by atoms with E-state index >= 15 is 0 Å². The summed E-state index contributed by atoms with van der Waals surface area (Å²) in [5, 5.41) is 3.03. The maximum absolute atomic E-state index is 13.3. The number of carbonyl (C=O) groups excluding carboxylic acids is 1. The van der Waals surface area contributed by atoms with E-state index in [0.717, 1.165) is 44.8 Å². The smallest absolute Gasteiger partial charge is 0.322 e. The zero-order chi connectivity index (χ0) is 24.6. The van der Waals surface area contributed by atoms with E-state index < -0.39 is 0 Å². The molecule has 1 heterocycles. The van der Waals surface area contributed by atoms with Gasteiger partial charge in [-0.25, -0.2) is 4.79 Å². The first-order valence-corrected chi connectivity index (χ1v) is 12.0. The van der Waals surface area contributed by atoms with Gasteiger partial charge in [0.15, 0.2) is 0 Å². The second-order valence-corrected chi connectivity index (χ2v) is 9.67. The van der Waals surface area contributed by atoms with Crippen LogP contribution < -0.4 is 14.8 Å². The highest BCUT2D eigenvalue weighted by Crippen LogP contribution is 2.29. The summed E-state index contributed by atoms with van der Waals surface area (Å²) in [6.07, 6.45) is 0.896. The molecule has 0 radical (unpaired) electrons. The van der Waals surface area contributed by atoms with Gasteiger partial charge in [-0.15, -0.1) is 0 Å². The van der Waals surface area contributed by atoms with Crippen molar-refractivity contribution in [3.63, 3.8) is 0 Å². The fourth-order valence-electron chi connectivity index (χ4n) is 3.99. The first-order chi connectivity index (χ1) is 16.3. The third-order valence-corrected chi connectivity index (χ3v) is 6.14. The third-order valence-electron chi connectivity index (χ3n) is 6.14. The van der Waals surface area contributed by atoms with Gasteiger partial charge in [-0.05, 0) is 35.1 Å². The topological polar surface area (TPSA) is 63.3 Å². The number of rotatable bonds is 9. The van der Waals surface area contributed by atoms with Crippen LogP contribution in [-0.4, -0.2) is 69.4 Å². The van der Waals surface area contributed by atoms with Crippen LogP contribution in [0.15, 0.2) is 42.5 Å². The Morgan fingerprint density at radius 2 is 1.76 bits per heavy atom. The number of methoxy groups -OCH3 is 2. The molecule has 7 heteroatoms. The van der Waals surface area contributed by atoms with Crippen molar-refractivity contribution in [2.45, 2.75) is 39.2 Å². The SMILES string of the molecule is COc1ccc(NC(=O)N(CCCN2CCOCC2)Cc2ccc(C(C)(C)C)cc2)c(OC)c1. The Bertz CT molecular complexity index is 918. The molecule has 1 aliphatic rings. The number of hydrogen-bond donors (Lipinski definition) is 1. The van der Waals surface area contributed by atoms with Crippen LogP contribution in [-0.2, 0) is 16.7 Å². The summed E-state index contributed by atoms with van der Waals surface area (Å²) in [5.41, 5.74) is 3.10. The Morgan fingerprint density at radius 3 is 2.38 bits per heavy atom. The summed E-state index contributed by atoms with van der Waals surface area (Å²) < 4.78 is 16.2. The highest BCUT2D eigenvalue weighted by molar-refractivity contribution is 5.91. The number of nitrogens with zero attached hydrogens (tertiary/aromatic N) is 2. The molecular weight excluding hydrogens is 430 g/mol. The number of amides is 2. The van der Waals surface area contributed by atoms with Crippen LogP contribution in [0.1, 0.15) is 38.3 Å². The van der Waals surface area contributed by atoms with Crippen molar-refractivity contribution in [1.29, 1.82) is 0 Å². The second-order valence-electron chi connectivity index (χ2n) is 9.67. The molecule has 0 unspecified atom stereocenters. The molecule has 1 aliphatic heterocycles. The zero-order valence-corrected chi connectivity index (χ0v) is 21.2. The molecule has 1 saturated heterocycles. The van der Waals surface area contributed by atoms with Crippen LogP contribution in [0.3, 0.4) is 0 Å². The third kappa shape index (κ3) is 7.37. The van der Waals surface area contributed by atoms with Gasteiger partial charge in [0.2, 0.25) is 0 Å². The van der Waals surface area contributed by atoms with Crippen LogP contribution in [0, 0.1) is 0 Å². The Hall–Kier alpha value is -2.77. The molecule has 0 spiro atoms. The average molecular weight is 470 g/mol. The minimum absolute atomic E-state index is 0.0959. The van der Waals surface area contributed by atoms with Gasteiger partial charge in [-0.2, -0.15) is 0 Å². The Morgan fingerprint density at radius 1 is 1.06 bits per heavy atom. The second kappa shape index (κ2) is 12.1. The number of morpholine rings is 1. The monoisotopic (exact) mass is 469 g/mol. The number of urea groups is 1. The van der Waals surface area contributed by atoms with Crippen LogP contribution in [0.5, 0.6) is 11.5 Å². The molecule has 1 N–H and O–H groups in total. The highest BCUT2D eigenvalue weighted by Gasteiger charge is 2.19. The fourth-order valence-corrected chi connectivity index (χ4v) is 3.99. The molecule has 2 amide bonds. The molecule has 34 heavy (non-hydrogen) atoms. The molecule has 2 aromatic carbocycles. The average Bonchev–Trinajstić information content (AvgIpc) is 2.84. The molecule has 0 atom stereocenters. The first-order valence-electron chi connectivity index (χ1n) is 12.0. The summed E-state index contributed by atoms with van der Waals surface area (Å²) in [5.74, 6) is 1.24. The minimum atomic E-state index is -0.148. The van der Waals surface area contributed by atoms with E-state index in [1.54, 1.807) is 26.4 Å². The van der Waals surface area contributed by atoms with Crippen molar-refractivity contribution < 1.29 is 19.0 Å². The Balaban J connectivity index is 1.71. The van der Waals surface area contributed by atoms with Crippen molar-refractivity contribution in [2.24, 2.45) is 0 Å². The predicted molar refractivity (Wildman–Crippen MR) is 136 cm³/mol. The van der Waals surface area contributed by atoms with Gasteiger partial charge in [-0.3, -0.25) is 4.90 Å². The summed E-state index contributed by atoms with van der Waals surface area (Å²) >= 11 is 0. The van der Waals surface area contributed by atoms with Gasteiger partial charge in [0.05, 0.1) is 33.1 Å². The van der Waals surface area contributed by atoms with E-state index in [9.17, 15) is 4.79 Å². The number of hydrogen-bond acceptors (Lipinski definition) is 5. The fraction of sp³-hybridized carbons (Fsp3) is 0.519. The molecule has 0 saturated carbocycles. The number of carbonyl (C=O) groups is 1. The molecule has 2 aromatic rings. The molecule has 1 fully saturated rings. The number of benzene rings is 2. The molecule has 186 valence electrons. The molecular formula is C27H39N3O4. The van der Waals surface area contributed by atoms with Gasteiger partial charge in [0.1, 0.15) is 11.5 Å². The zero-order valence-electron chi connectivity index (χ0n) is 21.2. The molecule has 0 aliphatic carbocycles. The van der Waals surface area contributed by atoms with Crippen molar-refractivity contribution in [2.75, 3.05) is 58.9 Å². The summed E-state index contributed by atoms with van der Waals surface area (Å²) in [4.78, 5) is 17.6. The number of ether oxygens (including phenoxy) is 3. The van der Waals surface area contributed by atoms with Crippen LogP contribution in [0.4, 0.5) is 10.5 Å². The summed E-state index contributed by atoms with van der Waals surface area (Å²) in [6.45, 7) is 12.2. The Labute approximate surface area is 204 Å². The van der Waals surface area contributed by atoms with Crippen LogP contribution in [0.2, 0.25) is 0 Å². The van der Waals surface area contributed by atoms with Gasteiger partial charge >= 0.3 is 6.03 Å². The minimum Gasteiger partial charge on any atom is -0.497 e. The van der Waals surface area contributed by atoms with E-state index in [4.69, 9.17) is 14.2 Å². The number of nitrogens with one attached hydrogen (secondary N) is 1. The van der Waals surface area contributed by atoms with Crippen molar-refractivity contribution in [3.05, 3.63) is 53.6 Å². The molecule has 7 nitrogen and oxygen atoms in total. The quantitative estimate of drug-likeness (QED) is 0.574. The molecule has 0 aromatic heterocycles. The predicted octanol–water partition coefficient (Wildman–Crippen LogP) is 4.76. The normalized spacial score (nSPS) is 14.5. The van der Waals surface area contributed by atoms with E-state index in [-0.39, 0.29) is 11.4 Å². The van der Waals surface area contributed by atoms with Crippen LogP contribution >= 0.6 is 0 Å². The number of anilines is 1. The summed E-state index contributed by atoms with van der Waals surface area (Å²) in [7, 11) is 3.19. The van der Waals surface area contributed by atoms with Crippen molar-refractivity contribution in [3.8, 4) is 11.5 Å². The van der Waals surface area contributed by atoms with E-state index in [0.29, 0.717) is 30.3 Å². The molecule has 0 bridgehead atoms. The lowest BCUT2D eigenvalue weighted by molar-refractivity contribution is 0.0365. The van der Waals surface area contributed by atoms with Crippen LogP contribution in [0.25, 0.3) is 0 Å². The lowest BCUT2D eigenvalue weighted by Crippen LogP contribution is -2.40. The standard InChI is InChI=1S/C27H39N3O4/c1-27(2,3)22-9-7-21(8-10-22)20-30(14-6-13-29-15-17-34-18-16-29)26(31)28-24-12-11-23(32-4)19-25(24)33-5/h7-12,19H,6,13-18,20H2,1-5H3,(H,28,31).